The van der Waals surface area contributed by atoms with Gasteiger partial charge in [0.25, 0.3) is 0 Å². The Kier molecular flexibility index (Phi) is 4.96. The highest BCUT2D eigenvalue weighted by atomic mass is 79.9. The molecule has 0 aliphatic heterocycles. The number of halogens is 1. The Balaban J connectivity index is 2.47. The molecule has 0 saturated carbocycles. The maximum absolute atomic E-state index is 11.8. The fraction of sp³-hybridized carbons (Fsp3) is 0.235. The van der Waals surface area contributed by atoms with Crippen molar-refractivity contribution in [1.29, 1.82) is 0 Å². The van der Waals surface area contributed by atoms with Crippen LogP contribution in [0.15, 0.2) is 48.5 Å². The molecule has 0 bridgehead atoms. The number of ether oxygens (including phenoxy) is 1. The van der Waals surface area contributed by atoms with E-state index in [9.17, 15) is 4.79 Å². The molecule has 2 rings (SSSR count). The van der Waals surface area contributed by atoms with Gasteiger partial charge in [-0.25, -0.2) is 4.79 Å². The molecule has 0 spiro atoms. The smallest absolute Gasteiger partial charge is 0.338 e. The Hall–Kier alpha value is -1.61. The zero-order valence-electron chi connectivity index (χ0n) is 11.6. The number of carbonyl (C=O) groups excluding carboxylic acids is 1. The van der Waals surface area contributed by atoms with E-state index in [0.29, 0.717) is 12.2 Å². The zero-order chi connectivity index (χ0) is 14.5. The maximum atomic E-state index is 11.8. The second-order valence-electron chi connectivity index (χ2n) is 4.50. The van der Waals surface area contributed by atoms with E-state index in [1.165, 1.54) is 0 Å². The van der Waals surface area contributed by atoms with E-state index in [2.05, 4.69) is 35.0 Å². The van der Waals surface area contributed by atoms with Crippen LogP contribution in [0.5, 0.6) is 0 Å². The molecule has 20 heavy (non-hydrogen) atoms. The molecule has 0 aliphatic carbocycles. The Morgan fingerprint density at radius 1 is 1.20 bits per heavy atom. The summed E-state index contributed by atoms with van der Waals surface area (Å²) < 4.78 is 5.05. The number of hydrogen-bond donors (Lipinski definition) is 0. The van der Waals surface area contributed by atoms with Gasteiger partial charge in [-0.15, -0.1) is 0 Å². The first-order valence-electron chi connectivity index (χ1n) is 6.64. The summed E-state index contributed by atoms with van der Waals surface area (Å²) in [5, 5.41) is 0. The second-order valence-corrected chi connectivity index (χ2v) is 5.88. The van der Waals surface area contributed by atoms with Crippen molar-refractivity contribution in [2.75, 3.05) is 6.61 Å². The van der Waals surface area contributed by atoms with Gasteiger partial charge in [0.1, 0.15) is 0 Å². The van der Waals surface area contributed by atoms with Crippen LogP contribution < -0.4 is 0 Å². The van der Waals surface area contributed by atoms with Crippen molar-refractivity contribution in [3.63, 3.8) is 0 Å². The fourth-order valence-electron chi connectivity index (χ4n) is 2.11. The van der Waals surface area contributed by atoms with Crippen LogP contribution in [0.4, 0.5) is 0 Å². The third-order valence-electron chi connectivity index (χ3n) is 3.08. The summed E-state index contributed by atoms with van der Waals surface area (Å²) in [6.45, 7) is 4.25. The van der Waals surface area contributed by atoms with Gasteiger partial charge in [0, 0.05) is 4.83 Å². The quantitative estimate of drug-likeness (QED) is 0.582. The lowest BCUT2D eigenvalue weighted by molar-refractivity contribution is 0.0526. The van der Waals surface area contributed by atoms with E-state index in [0.717, 1.165) is 16.7 Å². The van der Waals surface area contributed by atoms with Crippen molar-refractivity contribution in [2.45, 2.75) is 18.7 Å². The van der Waals surface area contributed by atoms with Gasteiger partial charge in [-0.2, -0.15) is 0 Å². The van der Waals surface area contributed by atoms with Gasteiger partial charge >= 0.3 is 5.97 Å². The topological polar surface area (TPSA) is 26.3 Å². The van der Waals surface area contributed by atoms with Crippen molar-refractivity contribution >= 4 is 21.9 Å². The van der Waals surface area contributed by atoms with Crippen molar-refractivity contribution < 1.29 is 9.53 Å². The highest BCUT2D eigenvalue weighted by Gasteiger charge is 2.14. The van der Waals surface area contributed by atoms with E-state index in [4.69, 9.17) is 4.74 Å². The summed E-state index contributed by atoms with van der Waals surface area (Å²) in [5.41, 5.74) is 3.95. The summed E-state index contributed by atoms with van der Waals surface area (Å²) in [6, 6.07) is 15.9. The SMILES string of the molecule is CCOC(=O)c1ccc(-c2ccccc2)c(C(C)Br)c1. The van der Waals surface area contributed by atoms with Crippen LogP contribution in [0.3, 0.4) is 0 Å². The standard InChI is InChI=1S/C17H17BrO2/c1-3-20-17(19)14-9-10-15(16(11-14)12(2)18)13-7-5-4-6-8-13/h4-12H,3H2,1-2H3. The molecule has 2 nitrogen and oxygen atoms in total. The van der Waals surface area contributed by atoms with Gasteiger partial charge in [0.05, 0.1) is 12.2 Å². The number of hydrogen-bond acceptors (Lipinski definition) is 2. The van der Waals surface area contributed by atoms with Crippen LogP contribution >= 0.6 is 15.9 Å². The van der Waals surface area contributed by atoms with Crippen LogP contribution in [0, 0.1) is 0 Å². The molecule has 0 fully saturated rings. The lowest BCUT2D eigenvalue weighted by Gasteiger charge is -2.13. The van der Waals surface area contributed by atoms with Gasteiger partial charge in [0.2, 0.25) is 0 Å². The minimum Gasteiger partial charge on any atom is -0.462 e. The summed E-state index contributed by atoms with van der Waals surface area (Å²) in [7, 11) is 0. The third kappa shape index (κ3) is 3.28. The molecule has 1 unspecified atom stereocenters. The van der Waals surface area contributed by atoms with E-state index in [-0.39, 0.29) is 10.8 Å². The Bertz CT molecular complexity index is 591. The van der Waals surface area contributed by atoms with E-state index in [1.807, 2.05) is 43.3 Å². The van der Waals surface area contributed by atoms with E-state index >= 15 is 0 Å². The van der Waals surface area contributed by atoms with Gasteiger partial charge in [-0.05, 0) is 42.7 Å². The first-order chi connectivity index (χ1) is 9.63. The average molecular weight is 333 g/mol. The van der Waals surface area contributed by atoms with E-state index in [1.54, 1.807) is 0 Å². The first kappa shape index (κ1) is 14.8. The van der Waals surface area contributed by atoms with Gasteiger partial charge < -0.3 is 4.74 Å². The summed E-state index contributed by atoms with van der Waals surface area (Å²) in [5.74, 6) is -0.276. The highest BCUT2D eigenvalue weighted by molar-refractivity contribution is 9.09. The predicted molar refractivity (Wildman–Crippen MR) is 85.2 cm³/mol. The molecule has 0 saturated heterocycles. The Morgan fingerprint density at radius 2 is 1.90 bits per heavy atom. The monoisotopic (exact) mass is 332 g/mol. The fourth-order valence-corrected chi connectivity index (χ4v) is 2.49. The molecule has 0 aliphatic rings. The summed E-state index contributed by atoms with van der Waals surface area (Å²) in [4.78, 5) is 12.0. The molecule has 0 aromatic heterocycles. The summed E-state index contributed by atoms with van der Waals surface area (Å²) >= 11 is 3.60. The molecule has 0 amide bonds. The average Bonchev–Trinajstić information content (AvgIpc) is 2.47. The lowest BCUT2D eigenvalue weighted by Crippen LogP contribution is -2.05. The number of alkyl halides is 1. The molecule has 2 aromatic rings. The number of rotatable bonds is 4. The van der Waals surface area contributed by atoms with Crippen molar-refractivity contribution in [2.24, 2.45) is 0 Å². The third-order valence-corrected chi connectivity index (χ3v) is 3.57. The van der Waals surface area contributed by atoms with Crippen molar-refractivity contribution in [3.05, 3.63) is 59.7 Å². The summed E-state index contributed by atoms with van der Waals surface area (Å²) in [6.07, 6.45) is 0. The predicted octanol–water partition coefficient (Wildman–Crippen LogP) is 4.99. The lowest BCUT2D eigenvalue weighted by atomic mass is 9.96. The van der Waals surface area contributed by atoms with Crippen molar-refractivity contribution in [3.8, 4) is 11.1 Å². The van der Waals surface area contributed by atoms with Crippen LogP contribution in [-0.2, 0) is 4.74 Å². The molecule has 2 aromatic carbocycles. The minimum atomic E-state index is -0.276. The first-order valence-corrected chi connectivity index (χ1v) is 7.55. The van der Waals surface area contributed by atoms with E-state index < -0.39 is 0 Å². The number of esters is 1. The van der Waals surface area contributed by atoms with Gasteiger partial charge in [-0.1, -0.05) is 52.3 Å². The van der Waals surface area contributed by atoms with Gasteiger partial charge in [0.15, 0.2) is 0 Å². The molecular formula is C17H17BrO2. The Labute approximate surface area is 127 Å². The normalized spacial score (nSPS) is 11.9. The zero-order valence-corrected chi connectivity index (χ0v) is 13.2. The Morgan fingerprint density at radius 3 is 2.50 bits per heavy atom. The molecule has 0 N–H and O–H groups in total. The van der Waals surface area contributed by atoms with Crippen LogP contribution in [0.2, 0.25) is 0 Å². The number of carbonyl (C=O) groups is 1. The molecule has 1 atom stereocenters. The van der Waals surface area contributed by atoms with Gasteiger partial charge in [-0.3, -0.25) is 0 Å². The van der Waals surface area contributed by atoms with Crippen LogP contribution in [0.25, 0.3) is 11.1 Å². The largest absolute Gasteiger partial charge is 0.462 e. The molecular weight excluding hydrogens is 316 g/mol. The molecule has 0 heterocycles. The highest BCUT2D eigenvalue weighted by Crippen LogP contribution is 2.33. The molecule has 0 radical (unpaired) electrons. The molecule has 3 heteroatoms. The number of benzene rings is 2. The minimum absolute atomic E-state index is 0.159. The van der Waals surface area contributed by atoms with Crippen LogP contribution in [-0.4, -0.2) is 12.6 Å². The van der Waals surface area contributed by atoms with Crippen molar-refractivity contribution in [1.82, 2.24) is 0 Å². The molecule has 104 valence electrons. The van der Waals surface area contributed by atoms with Crippen LogP contribution in [0.1, 0.15) is 34.6 Å². The second kappa shape index (κ2) is 6.71. The maximum Gasteiger partial charge on any atom is 0.338 e.